The summed E-state index contributed by atoms with van der Waals surface area (Å²) in [6, 6.07) is 4.67. The van der Waals surface area contributed by atoms with Crippen molar-refractivity contribution in [2.45, 2.75) is 13.5 Å². The predicted octanol–water partition coefficient (Wildman–Crippen LogP) is 2.88. The maximum atomic E-state index is 13.2. The van der Waals surface area contributed by atoms with Crippen molar-refractivity contribution in [2.75, 3.05) is 6.61 Å². The molecular weight excluding hydrogens is 341 g/mol. The quantitative estimate of drug-likeness (QED) is 0.612. The molecule has 0 fully saturated rings. The molecule has 1 heterocycles. The zero-order valence-corrected chi connectivity index (χ0v) is 12.9. The van der Waals surface area contributed by atoms with E-state index in [1.54, 1.807) is 23.7 Å². The SMILES string of the molecule is C=CCOC(=O)c1nnn(Cc2ccc(F)c(Br)c2)c1C. The molecule has 21 heavy (non-hydrogen) atoms. The molecular formula is C14H13BrFN3O2. The minimum Gasteiger partial charge on any atom is -0.457 e. The molecule has 0 bridgehead atoms. The van der Waals surface area contributed by atoms with Gasteiger partial charge in [0.25, 0.3) is 0 Å². The molecule has 0 N–H and O–H groups in total. The van der Waals surface area contributed by atoms with Gasteiger partial charge < -0.3 is 4.74 Å². The van der Waals surface area contributed by atoms with Gasteiger partial charge in [0.2, 0.25) is 0 Å². The number of esters is 1. The average Bonchev–Trinajstić information content (AvgIpc) is 2.82. The number of carbonyl (C=O) groups is 1. The van der Waals surface area contributed by atoms with Gasteiger partial charge in [-0.3, -0.25) is 0 Å². The van der Waals surface area contributed by atoms with E-state index in [4.69, 9.17) is 4.74 Å². The Morgan fingerprint density at radius 2 is 2.33 bits per heavy atom. The molecule has 0 aliphatic carbocycles. The zero-order chi connectivity index (χ0) is 15.4. The molecule has 0 saturated carbocycles. The first-order valence-corrected chi connectivity index (χ1v) is 6.94. The van der Waals surface area contributed by atoms with Gasteiger partial charge in [0.05, 0.1) is 16.7 Å². The van der Waals surface area contributed by atoms with Gasteiger partial charge in [-0.25, -0.2) is 13.9 Å². The maximum Gasteiger partial charge on any atom is 0.361 e. The van der Waals surface area contributed by atoms with Gasteiger partial charge in [-0.15, -0.1) is 5.10 Å². The molecule has 0 aliphatic rings. The lowest BCUT2D eigenvalue weighted by atomic mass is 10.2. The Labute approximate surface area is 129 Å². The summed E-state index contributed by atoms with van der Waals surface area (Å²) in [4.78, 5) is 11.7. The Kier molecular flexibility index (Phi) is 4.85. The van der Waals surface area contributed by atoms with Crippen LogP contribution in [0.2, 0.25) is 0 Å². The second-order valence-corrected chi connectivity index (χ2v) is 5.17. The first kappa shape index (κ1) is 15.4. The normalized spacial score (nSPS) is 10.4. The number of halogens is 2. The van der Waals surface area contributed by atoms with E-state index in [0.29, 0.717) is 16.7 Å². The highest BCUT2D eigenvalue weighted by atomic mass is 79.9. The van der Waals surface area contributed by atoms with Crippen LogP contribution in [0.3, 0.4) is 0 Å². The molecule has 0 radical (unpaired) electrons. The summed E-state index contributed by atoms with van der Waals surface area (Å²) in [5, 5.41) is 7.75. The molecule has 0 amide bonds. The van der Waals surface area contributed by atoms with Gasteiger partial charge in [-0.2, -0.15) is 0 Å². The van der Waals surface area contributed by atoms with Crippen LogP contribution in [0, 0.1) is 12.7 Å². The van der Waals surface area contributed by atoms with Crippen LogP contribution >= 0.6 is 15.9 Å². The summed E-state index contributed by atoms with van der Waals surface area (Å²) in [7, 11) is 0. The third kappa shape index (κ3) is 3.55. The van der Waals surface area contributed by atoms with Gasteiger partial charge in [0.1, 0.15) is 12.4 Å². The first-order valence-electron chi connectivity index (χ1n) is 6.15. The van der Waals surface area contributed by atoms with Crippen LogP contribution in [-0.4, -0.2) is 27.6 Å². The van der Waals surface area contributed by atoms with Crippen molar-refractivity contribution < 1.29 is 13.9 Å². The summed E-state index contributed by atoms with van der Waals surface area (Å²) in [5.41, 5.74) is 1.59. The van der Waals surface area contributed by atoms with Gasteiger partial charge >= 0.3 is 5.97 Å². The predicted molar refractivity (Wildman–Crippen MR) is 78.4 cm³/mol. The average molecular weight is 354 g/mol. The van der Waals surface area contributed by atoms with E-state index in [1.807, 2.05) is 0 Å². The molecule has 0 atom stereocenters. The van der Waals surface area contributed by atoms with Crippen molar-refractivity contribution in [1.29, 1.82) is 0 Å². The minimum absolute atomic E-state index is 0.121. The van der Waals surface area contributed by atoms with Crippen molar-refractivity contribution in [2.24, 2.45) is 0 Å². The fourth-order valence-electron chi connectivity index (χ4n) is 1.71. The van der Waals surface area contributed by atoms with E-state index in [2.05, 4.69) is 32.8 Å². The Hall–Kier alpha value is -2.02. The third-order valence-corrected chi connectivity index (χ3v) is 3.43. The Morgan fingerprint density at radius 1 is 1.57 bits per heavy atom. The highest BCUT2D eigenvalue weighted by Gasteiger charge is 2.17. The van der Waals surface area contributed by atoms with Crippen molar-refractivity contribution in [3.8, 4) is 0 Å². The van der Waals surface area contributed by atoms with Crippen LogP contribution < -0.4 is 0 Å². The maximum absolute atomic E-state index is 13.2. The fourth-order valence-corrected chi connectivity index (χ4v) is 2.14. The molecule has 1 aromatic carbocycles. The molecule has 2 aromatic rings. The molecule has 5 nitrogen and oxygen atoms in total. The summed E-state index contributed by atoms with van der Waals surface area (Å²) in [6.45, 7) is 5.70. The van der Waals surface area contributed by atoms with Gasteiger partial charge in [0, 0.05) is 0 Å². The van der Waals surface area contributed by atoms with Crippen molar-refractivity contribution in [3.63, 3.8) is 0 Å². The number of benzene rings is 1. The van der Waals surface area contributed by atoms with E-state index < -0.39 is 5.97 Å². The number of aromatic nitrogens is 3. The number of hydrogen-bond acceptors (Lipinski definition) is 4. The van der Waals surface area contributed by atoms with Crippen LogP contribution in [0.5, 0.6) is 0 Å². The first-order chi connectivity index (χ1) is 10.0. The molecule has 0 aliphatic heterocycles. The van der Waals surface area contributed by atoms with Crippen molar-refractivity contribution >= 4 is 21.9 Å². The third-order valence-electron chi connectivity index (χ3n) is 2.82. The lowest BCUT2D eigenvalue weighted by Gasteiger charge is -2.05. The van der Waals surface area contributed by atoms with Crippen LogP contribution in [0.4, 0.5) is 4.39 Å². The lowest BCUT2D eigenvalue weighted by Crippen LogP contribution is -2.09. The monoisotopic (exact) mass is 353 g/mol. The number of ether oxygens (including phenoxy) is 1. The lowest BCUT2D eigenvalue weighted by molar-refractivity contribution is 0.0542. The molecule has 0 unspecified atom stereocenters. The van der Waals surface area contributed by atoms with Crippen molar-refractivity contribution in [1.82, 2.24) is 15.0 Å². The van der Waals surface area contributed by atoms with Crippen molar-refractivity contribution in [3.05, 3.63) is 58.1 Å². The summed E-state index contributed by atoms with van der Waals surface area (Å²) in [6.07, 6.45) is 1.48. The minimum atomic E-state index is -0.543. The molecule has 7 heteroatoms. The Balaban J connectivity index is 2.18. The number of carbonyl (C=O) groups excluding carboxylic acids is 1. The Morgan fingerprint density at radius 3 is 3.00 bits per heavy atom. The molecule has 0 spiro atoms. The second-order valence-electron chi connectivity index (χ2n) is 4.32. The fraction of sp³-hybridized carbons (Fsp3) is 0.214. The van der Waals surface area contributed by atoms with E-state index >= 15 is 0 Å². The summed E-state index contributed by atoms with van der Waals surface area (Å²) < 4.78 is 20.1. The van der Waals surface area contributed by atoms with Gasteiger partial charge in [-0.1, -0.05) is 23.9 Å². The van der Waals surface area contributed by atoms with E-state index in [1.165, 1.54) is 12.1 Å². The highest BCUT2D eigenvalue weighted by molar-refractivity contribution is 9.10. The second kappa shape index (κ2) is 6.62. The van der Waals surface area contributed by atoms with Gasteiger partial charge in [0.15, 0.2) is 5.69 Å². The topological polar surface area (TPSA) is 57.0 Å². The zero-order valence-electron chi connectivity index (χ0n) is 11.3. The molecule has 0 saturated heterocycles. The molecule has 1 aromatic heterocycles. The Bertz CT molecular complexity index is 685. The summed E-state index contributed by atoms with van der Waals surface area (Å²) in [5.74, 6) is -0.873. The van der Waals surface area contributed by atoms with Crippen LogP contribution in [0.25, 0.3) is 0 Å². The van der Waals surface area contributed by atoms with Gasteiger partial charge in [-0.05, 0) is 40.5 Å². The largest absolute Gasteiger partial charge is 0.457 e. The number of hydrogen-bond donors (Lipinski definition) is 0. The molecule has 110 valence electrons. The van der Waals surface area contributed by atoms with Crippen LogP contribution in [0.15, 0.2) is 35.3 Å². The van der Waals surface area contributed by atoms with Crippen LogP contribution in [0.1, 0.15) is 21.7 Å². The standard InChI is InChI=1S/C14H13BrFN3O2/c1-3-6-21-14(20)13-9(2)19(18-17-13)8-10-4-5-12(16)11(15)7-10/h3-5,7H,1,6,8H2,2H3. The highest BCUT2D eigenvalue weighted by Crippen LogP contribution is 2.18. The number of rotatable bonds is 5. The summed E-state index contributed by atoms with van der Waals surface area (Å²) >= 11 is 3.13. The van der Waals surface area contributed by atoms with E-state index in [9.17, 15) is 9.18 Å². The smallest absolute Gasteiger partial charge is 0.361 e. The van der Waals surface area contributed by atoms with E-state index in [-0.39, 0.29) is 18.1 Å². The number of nitrogens with zero attached hydrogens (tertiary/aromatic N) is 3. The van der Waals surface area contributed by atoms with E-state index in [0.717, 1.165) is 5.56 Å². The molecule has 2 rings (SSSR count). The van der Waals surface area contributed by atoms with Crippen LogP contribution in [-0.2, 0) is 11.3 Å².